The number of aromatic nitrogens is 1. The Kier molecular flexibility index (Phi) is 4.47. The zero-order valence-corrected chi connectivity index (χ0v) is 13.6. The first-order valence-corrected chi connectivity index (χ1v) is 8.84. The van der Waals surface area contributed by atoms with Crippen molar-refractivity contribution in [2.45, 2.75) is 57.9 Å². The third-order valence-corrected chi connectivity index (χ3v) is 5.80. The summed E-state index contributed by atoms with van der Waals surface area (Å²) in [7, 11) is 0. The first-order valence-electron chi connectivity index (χ1n) is 8.03. The highest BCUT2D eigenvalue weighted by Crippen LogP contribution is 2.34. The summed E-state index contributed by atoms with van der Waals surface area (Å²) in [6, 6.07) is 0.0940. The molecule has 0 aromatic carbocycles. The fraction of sp³-hybridized carbons (Fsp3) is 0.688. The van der Waals surface area contributed by atoms with Crippen LogP contribution in [-0.2, 0) is 11.2 Å². The molecule has 0 aliphatic heterocycles. The third kappa shape index (κ3) is 3.66. The van der Waals surface area contributed by atoms with Crippen molar-refractivity contribution in [2.75, 3.05) is 0 Å². The quantitative estimate of drug-likeness (QED) is 0.873. The van der Waals surface area contributed by atoms with Crippen LogP contribution in [0.4, 0.5) is 0 Å². The molecule has 0 spiro atoms. The maximum absolute atomic E-state index is 12.4. The van der Waals surface area contributed by atoms with Gasteiger partial charge in [-0.1, -0.05) is 0 Å². The third-order valence-electron chi connectivity index (χ3n) is 4.62. The van der Waals surface area contributed by atoms with Gasteiger partial charge in [0.1, 0.15) is 4.88 Å². The van der Waals surface area contributed by atoms with Crippen molar-refractivity contribution in [2.24, 2.45) is 11.8 Å². The number of carbonyl (C=O) groups excluding carboxylic acids is 1. The van der Waals surface area contributed by atoms with E-state index in [1.807, 2.05) is 6.92 Å². The number of hydrogen-bond acceptors (Lipinski definition) is 4. The normalized spacial score (nSPS) is 25.0. The Morgan fingerprint density at radius 3 is 2.50 bits per heavy atom. The van der Waals surface area contributed by atoms with Gasteiger partial charge in [-0.05, 0) is 51.4 Å². The van der Waals surface area contributed by atoms with Gasteiger partial charge < -0.3 is 10.4 Å². The summed E-state index contributed by atoms with van der Waals surface area (Å²) in [6.07, 6.45) is 6.36. The van der Waals surface area contributed by atoms with E-state index in [2.05, 4.69) is 10.3 Å². The van der Waals surface area contributed by atoms with E-state index in [1.54, 1.807) is 0 Å². The van der Waals surface area contributed by atoms with Crippen molar-refractivity contribution in [3.8, 4) is 0 Å². The molecule has 5 nitrogen and oxygen atoms in total. The van der Waals surface area contributed by atoms with Gasteiger partial charge in [0.15, 0.2) is 0 Å². The van der Waals surface area contributed by atoms with Gasteiger partial charge in [0.05, 0.1) is 16.6 Å². The van der Waals surface area contributed by atoms with Crippen LogP contribution in [-0.4, -0.2) is 28.0 Å². The van der Waals surface area contributed by atoms with Gasteiger partial charge in [-0.15, -0.1) is 11.3 Å². The summed E-state index contributed by atoms with van der Waals surface area (Å²) in [6.45, 7) is 1.89. The van der Waals surface area contributed by atoms with Gasteiger partial charge in [0.2, 0.25) is 0 Å². The SMILES string of the molecule is Cc1nc(CC2CC2)sc1C(=O)NC1CCC(C(=O)O)CC1. The van der Waals surface area contributed by atoms with Crippen molar-refractivity contribution in [3.05, 3.63) is 15.6 Å². The van der Waals surface area contributed by atoms with Crippen LogP contribution in [0.1, 0.15) is 58.9 Å². The highest BCUT2D eigenvalue weighted by Gasteiger charge is 2.28. The number of nitrogens with zero attached hydrogens (tertiary/aromatic N) is 1. The summed E-state index contributed by atoms with van der Waals surface area (Å²) < 4.78 is 0. The molecule has 0 bridgehead atoms. The lowest BCUT2D eigenvalue weighted by Gasteiger charge is -2.26. The largest absolute Gasteiger partial charge is 0.481 e. The second-order valence-corrected chi connectivity index (χ2v) is 7.61. The van der Waals surface area contributed by atoms with Crippen molar-refractivity contribution in [1.82, 2.24) is 10.3 Å². The molecular weight excluding hydrogens is 300 g/mol. The van der Waals surface area contributed by atoms with Crippen LogP contribution >= 0.6 is 11.3 Å². The average Bonchev–Trinajstić information content (AvgIpc) is 3.21. The molecule has 0 radical (unpaired) electrons. The minimum absolute atomic E-state index is 0.0455. The lowest BCUT2D eigenvalue weighted by Crippen LogP contribution is -2.38. The second-order valence-electron chi connectivity index (χ2n) is 6.53. The van der Waals surface area contributed by atoms with Crippen LogP contribution in [0.25, 0.3) is 0 Å². The zero-order valence-electron chi connectivity index (χ0n) is 12.8. The summed E-state index contributed by atoms with van der Waals surface area (Å²) in [5.74, 6) is -0.236. The number of aliphatic carboxylic acids is 1. The van der Waals surface area contributed by atoms with E-state index in [1.165, 1.54) is 24.2 Å². The van der Waals surface area contributed by atoms with E-state index in [-0.39, 0.29) is 17.9 Å². The molecule has 0 atom stereocenters. The molecule has 3 rings (SSSR count). The Morgan fingerprint density at radius 2 is 1.91 bits per heavy atom. The summed E-state index contributed by atoms with van der Waals surface area (Å²) in [5, 5.41) is 13.1. The Hall–Kier alpha value is -1.43. The lowest BCUT2D eigenvalue weighted by molar-refractivity contribution is -0.142. The number of carboxylic acid groups (broad SMARTS) is 1. The van der Waals surface area contributed by atoms with Crippen LogP contribution in [0.15, 0.2) is 0 Å². The molecule has 6 heteroatoms. The maximum Gasteiger partial charge on any atom is 0.306 e. The topological polar surface area (TPSA) is 79.3 Å². The van der Waals surface area contributed by atoms with Crippen molar-refractivity contribution >= 4 is 23.2 Å². The summed E-state index contributed by atoms with van der Waals surface area (Å²) in [4.78, 5) is 28.6. The Balaban J connectivity index is 1.55. The van der Waals surface area contributed by atoms with E-state index in [4.69, 9.17) is 5.11 Å². The molecule has 2 aliphatic rings. The van der Waals surface area contributed by atoms with Crippen LogP contribution < -0.4 is 5.32 Å². The highest BCUT2D eigenvalue weighted by atomic mass is 32.1. The number of amides is 1. The van der Waals surface area contributed by atoms with Crippen LogP contribution in [0, 0.1) is 18.8 Å². The molecule has 1 aromatic heterocycles. The number of hydrogen-bond donors (Lipinski definition) is 2. The summed E-state index contributed by atoms with van der Waals surface area (Å²) in [5.41, 5.74) is 0.817. The molecule has 1 aromatic rings. The number of nitrogens with one attached hydrogen (secondary N) is 1. The van der Waals surface area contributed by atoms with Crippen molar-refractivity contribution < 1.29 is 14.7 Å². The minimum atomic E-state index is -0.715. The number of rotatable bonds is 5. The van der Waals surface area contributed by atoms with Gasteiger partial charge in [-0.3, -0.25) is 9.59 Å². The molecule has 2 fully saturated rings. The zero-order chi connectivity index (χ0) is 15.7. The van der Waals surface area contributed by atoms with E-state index >= 15 is 0 Å². The monoisotopic (exact) mass is 322 g/mol. The maximum atomic E-state index is 12.4. The minimum Gasteiger partial charge on any atom is -0.481 e. The molecule has 1 amide bonds. The van der Waals surface area contributed by atoms with Crippen molar-refractivity contribution in [3.63, 3.8) is 0 Å². The number of aryl methyl sites for hydroxylation is 1. The van der Waals surface area contributed by atoms with E-state index in [9.17, 15) is 9.59 Å². The van der Waals surface area contributed by atoms with Gasteiger partial charge in [-0.25, -0.2) is 4.98 Å². The molecule has 1 heterocycles. The van der Waals surface area contributed by atoms with Gasteiger partial charge >= 0.3 is 5.97 Å². The molecule has 2 N–H and O–H groups in total. The first kappa shape index (κ1) is 15.5. The second kappa shape index (κ2) is 6.36. The Bertz CT molecular complexity index is 572. The molecule has 2 aliphatic carbocycles. The van der Waals surface area contributed by atoms with E-state index < -0.39 is 5.97 Å². The van der Waals surface area contributed by atoms with Crippen molar-refractivity contribution in [1.29, 1.82) is 0 Å². The van der Waals surface area contributed by atoms with Gasteiger partial charge in [0.25, 0.3) is 5.91 Å². The van der Waals surface area contributed by atoms with Crippen LogP contribution in [0.5, 0.6) is 0 Å². The number of thiazole rings is 1. The number of carbonyl (C=O) groups is 2. The van der Waals surface area contributed by atoms with Crippen LogP contribution in [0.3, 0.4) is 0 Å². The van der Waals surface area contributed by atoms with E-state index in [0.29, 0.717) is 12.8 Å². The van der Waals surface area contributed by atoms with Gasteiger partial charge in [0, 0.05) is 12.5 Å². The lowest BCUT2D eigenvalue weighted by atomic mass is 9.86. The molecule has 120 valence electrons. The first-order chi connectivity index (χ1) is 10.5. The molecular formula is C16H22N2O3S. The Morgan fingerprint density at radius 1 is 1.23 bits per heavy atom. The molecule has 0 unspecified atom stereocenters. The molecule has 22 heavy (non-hydrogen) atoms. The number of carboxylic acids is 1. The fourth-order valence-corrected chi connectivity index (χ4v) is 4.14. The summed E-state index contributed by atoms with van der Waals surface area (Å²) >= 11 is 1.51. The standard InChI is InChI=1S/C16H22N2O3S/c1-9-14(22-13(17-9)8-10-2-3-10)15(19)18-12-6-4-11(5-7-12)16(20)21/h10-12H,2-8H2,1H3,(H,18,19)(H,20,21). The van der Waals surface area contributed by atoms with E-state index in [0.717, 1.165) is 40.8 Å². The molecule has 0 saturated heterocycles. The predicted octanol–water partition coefficient (Wildman–Crippen LogP) is 2.78. The van der Waals surface area contributed by atoms with Crippen LogP contribution in [0.2, 0.25) is 0 Å². The van der Waals surface area contributed by atoms with Gasteiger partial charge in [-0.2, -0.15) is 0 Å². The fourth-order valence-electron chi connectivity index (χ4n) is 3.05. The Labute approximate surface area is 134 Å². The predicted molar refractivity (Wildman–Crippen MR) is 84.1 cm³/mol. The molecule has 2 saturated carbocycles. The highest BCUT2D eigenvalue weighted by molar-refractivity contribution is 7.13. The smallest absolute Gasteiger partial charge is 0.306 e. The average molecular weight is 322 g/mol.